The Morgan fingerprint density at radius 2 is 0.647 bits per heavy atom. The van der Waals surface area contributed by atoms with E-state index in [4.69, 9.17) is 14.2 Å². The summed E-state index contributed by atoms with van der Waals surface area (Å²) in [5.41, 5.74) is 0. The molecule has 6 heteroatoms. The number of ether oxygens (including phenoxy) is 3. The molecule has 0 unspecified atom stereocenters. The van der Waals surface area contributed by atoms with Crippen molar-refractivity contribution < 1.29 is 28.6 Å². The van der Waals surface area contributed by atoms with Crippen molar-refractivity contribution in [1.29, 1.82) is 0 Å². The monoisotopic (exact) mass is 723 g/mol. The highest BCUT2D eigenvalue weighted by molar-refractivity contribution is 5.71. The van der Waals surface area contributed by atoms with Crippen LogP contribution in [0.4, 0.5) is 0 Å². The SMILES string of the molecule is CCCCCCCCCCCCC(=O)OC[C@@H](COC(=O)CCCCCCC)OC(=O)CCCCCCCCCCCCCCCCCC(C)C. The van der Waals surface area contributed by atoms with Crippen LogP contribution < -0.4 is 0 Å². The Labute approximate surface area is 317 Å². The van der Waals surface area contributed by atoms with Gasteiger partial charge in [0.15, 0.2) is 6.10 Å². The molecule has 0 N–H and O–H groups in total. The molecule has 6 nitrogen and oxygen atoms in total. The number of carbonyl (C=O) groups is 3. The molecule has 0 bridgehead atoms. The Bertz CT molecular complexity index is 766. The quantitative estimate of drug-likeness (QED) is 0.0356. The minimum absolute atomic E-state index is 0.0649. The van der Waals surface area contributed by atoms with Crippen LogP contribution in [0.2, 0.25) is 0 Å². The Hall–Kier alpha value is -1.59. The van der Waals surface area contributed by atoms with Gasteiger partial charge in [-0.25, -0.2) is 0 Å². The topological polar surface area (TPSA) is 78.9 Å². The molecule has 0 fully saturated rings. The average molecular weight is 723 g/mol. The number of hydrogen-bond acceptors (Lipinski definition) is 6. The molecule has 0 aromatic heterocycles. The van der Waals surface area contributed by atoms with E-state index in [0.717, 1.165) is 70.1 Å². The smallest absolute Gasteiger partial charge is 0.306 e. The van der Waals surface area contributed by atoms with Crippen molar-refractivity contribution >= 4 is 17.9 Å². The molecule has 0 aromatic rings. The summed E-state index contributed by atoms with van der Waals surface area (Å²) in [5, 5.41) is 0. The lowest BCUT2D eigenvalue weighted by molar-refractivity contribution is -0.167. The van der Waals surface area contributed by atoms with Gasteiger partial charge in [0.05, 0.1) is 0 Å². The van der Waals surface area contributed by atoms with Crippen molar-refractivity contribution in [2.75, 3.05) is 13.2 Å². The van der Waals surface area contributed by atoms with Crippen LogP contribution in [0.5, 0.6) is 0 Å². The molecule has 0 aromatic carbocycles. The van der Waals surface area contributed by atoms with Crippen molar-refractivity contribution in [1.82, 2.24) is 0 Å². The first-order chi connectivity index (χ1) is 24.9. The first kappa shape index (κ1) is 49.4. The Kier molecular flexibility index (Phi) is 38.4. The highest BCUT2D eigenvalue weighted by Gasteiger charge is 2.19. The summed E-state index contributed by atoms with van der Waals surface area (Å²) in [6.45, 7) is 8.92. The fourth-order valence-corrected chi connectivity index (χ4v) is 6.63. The Morgan fingerprint density at radius 1 is 0.373 bits per heavy atom. The number of unbranched alkanes of at least 4 members (excludes halogenated alkanes) is 27. The minimum Gasteiger partial charge on any atom is -0.462 e. The molecule has 0 rings (SSSR count). The van der Waals surface area contributed by atoms with E-state index in [1.165, 1.54) is 135 Å². The predicted molar refractivity (Wildman–Crippen MR) is 215 cm³/mol. The van der Waals surface area contributed by atoms with Gasteiger partial charge >= 0.3 is 17.9 Å². The van der Waals surface area contributed by atoms with Gasteiger partial charge in [-0.1, -0.05) is 207 Å². The minimum atomic E-state index is -0.757. The van der Waals surface area contributed by atoms with Gasteiger partial charge in [0.25, 0.3) is 0 Å². The standard InChI is InChI=1S/C45H86O6/c1-5-7-9-11-12-13-22-25-29-33-37-44(47)50-40-42(39-49-43(46)36-32-27-10-8-6-2)51-45(48)38-34-30-26-23-20-18-16-14-15-17-19-21-24-28-31-35-41(3)4/h41-42H,5-40H2,1-4H3/t42-/m1/s1. The van der Waals surface area contributed by atoms with Crippen LogP contribution in [0.25, 0.3) is 0 Å². The summed E-state index contributed by atoms with van der Waals surface area (Å²) in [4.78, 5) is 37.4. The van der Waals surface area contributed by atoms with Crippen LogP contribution >= 0.6 is 0 Å². The lowest BCUT2D eigenvalue weighted by Gasteiger charge is -2.18. The highest BCUT2D eigenvalue weighted by Crippen LogP contribution is 2.16. The number of esters is 3. The van der Waals surface area contributed by atoms with Crippen molar-refractivity contribution in [3.05, 3.63) is 0 Å². The normalized spacial score (nSPS) is 11.9. The molecule has 302 valence electrons. The molecule has 0 amide bonds. The summed E-state index contributed by atoms with van der Waals surface area (Å²) in [6.07, 6.45) is 38.3. The molecule has 0 radical (unpaired) electrons. The van der Waals surface area contributed by atoms with Crippen LogP contribution in [0.1, 0.15) is 246 Å². The molecule has 0 aliphatic heterocycles. The van der Waals surface area contributed by atoms with Gasteiger partial charge in [0.2, 0.25) is 0 Å². The summed E-state index contributed by atoms with van der Waals surface area (Å²) in [6, 6.07) is 0. The second-order valence-electron chi connectivity index (χ2n) is 15.8. The Morgan fingerprint density at radius 3 is 0.961 bits per heavy atom. The molecule has 0 spiro atoms. The zero-order valence-corrected chi connectivity index (χ0v) is 34.6. The first-order valence-electron chi connectivity index (χ1n) is 22.4. The van der Waals surface area contributed by atoms with Crippen LogP contribution in [0.3, 0.4) is 0 Å². The van der Waals surface area contributed by atoms with Gasteiger partial charge in [0, 0.05) is 19.3 Å². The lowest BCUT2D eigenvalue weighted by atomic mass is 10.0. The highest BCUT2D eigenvalue weighted by atomic mass is 16.6. The van der Waals surface area contributed by atoms with E-state index in [2.05, 4.69) is 27.7 Å². The summed E-state index contributed by atoms with van der Waals surface area (Å²) in [7, 11) is 0. The van der Waals surface area contributed by atoms with Crippen LogP contribution in [0.15, 0.2) is 0 Å². The van der Waals surface area contributed by atoms with Crippen molar-refractivity contribution in [3.8, 4) is 0 Å². The maximum absolute atomic E-state index is 12.7. The van der Waals surface area contributed by atoms with Crippen molar-refractivity contribution in [3.63, 3.8) is 0 Å². The maximum Gasteiger partial charge on any atom is 0.306 e. The van der Waals surface area contributed by atoms with Gasteiger partial charge in [-0.2, -0.15) is 0 Å². The fourth-order valence-electron chi connectivity index (χ4n) is 6.63. The molecule has 0 aliphatic rings. The molecular formula is C45H86O6. The number of carbonyl (C=O) groups excluding carboxylic acids is 3. The predicted octanol–water partition coefficient (Wildman–Crippen LogP) is 13.9. The average Bonchev–Trinajstić information content (AvgIpc) is 3.11. The van der Waals surface area contributed by atoms with E-state index in [-0.39, 0.29) is 31.1 Å². The third kappa shape index (κ3) is 39.5. The second-order valence-corrected chi connectivity index (χ2v) is 15.8. The van der Waals surface area contributed by atoms with Crippen LogP contribution in [-0.2, 0) is 28.6 Å². The van der Waals surface area contributed by atoms with E-state index in [1.807, 2.05) is 0 Å². The van der Waals surface area contributed by atoms with Gasteiger partial charge in [-0.05, 0) is 25.2 Å². The van der Waals surface area contributed by atoms with E-state index >= 15 is 0 Å². The van der Waals surface area contributed by atoms with Crippen molar-refractivity contribution in [2.45, 2.75) is 252 Å². The van der Waals surface area contributed by atoms with E-state index < -0.39 is 6.10 Å². The molecule has 1 atom stereocenters. The van der Waals surface area contributed by atoms with Gasteiger partial charge in [-0.3, -0.25) is 14.4 Å². The number of hydrogen-bond donors (Lipinski definition) is 0. The lowest BCUT2D eigenvalue weighted by Crippen LogP contribution is -2.30. The molecule has 51 heavy (non-hydrogen) atoms. The maximum atomic E-state index is 12.7. The first-order valence-corrected chi connectivity index (χ1v) is 22.4. The second kappa shape index (κ2) is 39.6. The third-order valence-electron chi connectivity index (χ3n) is 10.0. The largest absolute Gasteiger partial charge is 0.462 e. The van der Waals surface area contributed by atoms with Gasteiger partial charge in [-0.15, -0.1) is 0 Å². The summed E-state index contributed by atoms with van der Waals surface area (Å²) < 4.78 is 16.6. The van der Waals surface area contributed by atoms with Crippen LogP contribution in [0, 0.1) is 5.92 Å². The fraction of sp³-hybridized carbons (Fsp3) is 0.933. The van der Waals surface area contributed by atoms with E-state index in [9.17, 15) is 14.4 Å². The zero-order valence-electron chi connectivity index (χ0n) is 34.6. The summed E-state index contributed by atoms with van der Waals surface area (Å²) >= 11 is 0. The molecule has 0 saturated carbocycles. The van der Waals surface area contributed by atoms with E-state index in [1.54, 1.807) is 0 Å². The van der Waals surface area contributed by atoms with Gasteiger partial charge < -0.3 is 14.2 Å². The van der Waals surface area contributed by atoms with Gasteiger partial charge in [0.1, 0.15) is 13.2 Å². The molecular weight excluding hydrogens is 636 g/mol. The van der Waals surface area contributed by atoms with Crippen molar-refractivity contribution in [2.24, 2.45) is 5.92 Å². The van der Waals surface area contributed by atoms with Crippen LogP contribution in [-0.4, -0.2) is 37.2 Å². The third-order valence-corrected chi connectivity index (χ3v) is 10.0. The number of rotatable bonds is 40. The molecule has 0 heterocycles. The molecule has 0 aliphatic carbocycles. The summed E-state index contributed by atoms with van der Waals surface area (Å²) in [5.74, 6) is -0.0223. The molecule has 0 saturated heterocycles. The zero-order chi connectivity index (χ0) is 37.5. The Balaban J connectivity index is 4.14. The van der Waals surface area contributed by atoms with E-state index in [0.29, 0.717) is 19.3 Å².